The van der Waals surface area contributed by atoms with Gasteiger partial charge in [0, 0.05) is 22.0 Å². The zero-order valence-corrected chi connectivity index (χ0v) is 18.8. The molecule has 0 saturated heterocycles. The van der Waals surface area contributed by atoms with Crippen LogP contribution in [0.3, 0.4) is 0 Å². The molecule has 0 aliphatic rings. The first kappa shape index (κ1) is 23.3. The predicted octanol–water partition coefficient (Wildman–Crippen LogP) is 5.73. The molecule has 0 fully saturated rings. The van der Waals surface area contributed by atoms with Crippen molar-refractivity contribution >= 4 is 29.2 Å². The fourth-order valence-corrected chi connectivity index (χ4v) is 4.33. The Kier molecular flexibility index (Phi) is 8.50. The van der Waals surface area contributed by atoms with Crippen LogP contribution in [0, 0.1) is 0 Å². The lowest BCUT2D eigenvalue weighted by molar-refractivity contribution is -0.138. The Balaban J connectivity index is 1.88. The third-order valence-electron chi connectivity index (χ3n) is 5.13. The second kappa shape index (κ2) is 11.3. The number of carboxylic acid groups (broad SMARTS) is 1. The van der Waals surface area contributed by atoms with Gasteiger partial charge in [0.05, 0.1) is 19.8 Å². The quantitative estimate of drug-likeness (QED) is 0.422. The monoisotopic (exact) mass is 457 g/mol. The van der Waals surface area contributed by atoms with E-state index in [0.717, 1.165) is 16.7 Å². The normalized spacial score (nSPS) is 12.3. The Hall–Kier alpha value is -2.37. The Bertz CT molecular complexity index is 923. The van der Waals surface area contributed by atoms with E-state index in [1.54, 1.807) is 6.07 Å². The lowest BCUT2D eigenvalue weighted by atomic mass is 9.84. The summed E-state index contributed by atoms with van der Waals surface area (Å²) in [6.07, 6.45) is 0. The van der Waals surface area contributed by atoms with Gasteiger partial charge >= 0.3 is 5.97 Å². The van der Waals surface area contributed by atoms with Crippen LogP contribution in [0.25, 0.3) is 0 Å². The van der Waals surface area contributed by atoms with Gasteiger partial charge in [0.2, 0.25) is 0 Å². The third-order valence-corrected chi connectivity index (χ3v) is 5.57. The van der Waals surface area contributed by atoms with Crippen molar-refractivity contribution in [2.24, 2.45) is 0 Å². The van der Waals surface area contributed by atoms with Gasteiger partial charge in [0.15, 0.2) is 0 Å². The highest BCUT2D eigenvalue weighted by Crippen LogP contribution is 2.31. The SMILES string of the molecule is CN(CC(=O)O)[C@H](COCc1cc(Cl)cc(Cl)c1)C(c1ccccc1)c1ccccc1. The van der Waals surface area contributed by atoms with Crippen molar-refractivity contribution < 1.29 is 14.6 Å². The Labute approximate surface area is 193 Å². The van der Waals surface area contributed by atoms with E-state index in [4.69, 9.17) is 27.9 Å². The second-order valence-corrected chi connectivity index (χ2v) is 8.34. The molecule has 3 aromatic carbocycles. The lowest BCUT2D eigenvalue weighted by Gasteiger charge is -2.34. The van der Waals surface area contributed by atoms with E-state index in [0.29, 0.717) is 23.3 Å². The maximum absolute atomic E-state index is 11.5. The van der Waals surface area contributed by atoms with Gasteiger partial charge in [0.1, 0.15) is 0 Å². The van der Waals surface area contributed by atoms with Crippen molar-refractivity contribution in [3.05, 3.63) is 106 Å². The molecule has 1 N–H and O–H groups in total. The van der Waals surface area contributed by atoms with Gasteiger partial charge in [-0.05, 0) is 41.9 Å². The number of hydrogen-bond donors (Lipinski definition) is 1. The minimum atomic E-state index is -0.881. The van der Waals surface area contributed by atoms with E-state index in [2.05, 4.69) is 24.3 Å². The molecule has 0 saturated carbocycles. The maximum Gasteiger partial charge on any atom is 0.317 e. The zero-order valence-electron chi connectivity index (χ0n) is 17.2. The zero-order chi connectivity index (χ0) is 22.2. The van der Waals surface area contributed by atoms with Crippen molar-refractivity contribution in [3.63, 3.8) is 0 Å². The molecule has 31 heavy (non-hydrogen) atoms. The standard InChI is InChI=1S/C25H25Cl2NO3/c1-28(15-24(29)30)23(17-31-16-18-12-21(26)14-22(27)13-18)25(19-8-4-2-5-9-19)20-10-6-3-7-11-20/h2-14,23,25H,15-17H2,1H3,(H,29,30)/t23-/m1/s1. The molecule has 3 rings (SSSR count). The van der Waals surface area contributed by atoms with Gasteiger partial charge in [-0.15, -0.1) is 0 Å². The van der Waals surface area contributed by atoms with Crippen LogP contribution in [0.1, 0.15) is 22.6 Å². The highest BCUT2D eigenvalue weighted by atomic mass is 35.5. The molecule has 162 valence electrons. The first-order valence-electron chi connectivity index (χ1n) is 9.98. The highest BCUT2D eigenvalue weighted by Gasteiger charge is 2.29. The first-order valence-corrected chi connectivity index (χ1v) is 10.7. The van der Waals surface area contributed by atoms with Crippen molar-refractivity contribution in [1.82, 2.24) is 4.90 Å². The number of hydrogen-bond acceptors (Lipinski definition) is 3. The summed E-state index contributed by atoms with van der Waals surface area (Å²) in [6.45, 7) is 0.573. The van der Waals surface area contributed by atoms with Gasteiger partial charge in [-0.2, -0.15) is 0 Å². The molecule has 0 aromatic heterocycles. The summed E-state index contributed by atoms with van der Waals surface area (Å²) in [4.78, 5) is 13.3. The van der Waals surface area contributed by atoms with Crippen LogP contribution < -0.4 is 0 Å². The van der Waals surface area contributed by atoms with Gasteiger partial charge in [-0.1, -0.05) is 83.9 Å². The van der Waals surface area contributed by atoms with Crippen molar-refractivity contribution in [1.29, 1.82) is 0 Å². The fourth-order valence-electron chi connectivity index (χ4n) is 3.76. The first-order chi connectivity index (χ1) is 14.9. The number of carboxylic acids is 1. The fraction of sp³-hybridized carbons (Fsp3) is 0.240. The van der Waals surface area contributed by atoms with E-state index in [1.807, 2.05) is 60.5 Å². The Morgan fingerprint density at radius 1 is 0.935 bits per heavy atom. The average molecular weight is 458 g/mol. The Morgan fingerprint density at radius 3 is 1.94 bits per heavy atom. The van der Waals surface area contributed by atoms with Crippen LogP contribution in [0.2, 0.25) is 10.0 Å². The van der Waals surface area contributed by atoms with E-state index in [9.17, 15) is 9.90 Å². The summed E-state index contributed by atoms with van der Waals surface area (Å²) in [5, 5.41) is 10.5. The summed E-state index contributed by atoms with van der Waals surface area (Å²) in [6, 6.07) is 25.3. The summed E-state index contributed by atoms with van der Waals surface area (Å²) in [5.41, 5.74) is 3.07. The van der Waals surface area contributed by atoms with E-state index < -0.39 is 5.97 Å². The molecular formula is C25H25Cl2NO3. The molecule has 4 nitrogen and oxygen atoms in total. The van der Waals surface area contributed by atoms with Crippen LogP contribution in [0.15, 0.2) is 78.9 Å². The van der Waals surface area contributed by atoms with E-state index in [1.165, 1.54) is 0 Å². The molecule has 6 heteroatoms. The maximum atomic E-state index is 11.5. The number of nitrogens with zero attached hydrogens (tertiary/aromatic N) is 1. The second-order valence-electron chi connectivity index (χ2n) is 7.47. The predicted molar refractivity (Wildman–Crippen MR) is 125 cm³/mol. The van der Waals surface area contributed by atoms with E-state index >= 15 is 0 Å². The van der Waals surface area contributed by atoms with E-state index in [-0.39, 0.29) is 18.5 Å². The number of halogens is 2. The summed E-state index contributed by atoms with van der Waals surface area (Å²) in [7, 11) is 1.82. The number of rotatable bonds is 10. The molecule has 0 aliphatic heterocycles. The molecule has 0 bridgehead atoms. The van der Waals surface area contributed by atoms with Crippen LogP contribution in [-0.4, -0.2) is 42.2 Å². The minimum Gasteiger partial charge on any atom is -0.480 e. The van der Waals surface area contributed by atoms with Crippen LogP contribution in [0.5, 0.6) is 0 Å². The van der Waals surface area contributed by atoms with Crippen molar-refractivity contribution in [2.45, 2.75) is 18.6 Å². The number of carbonyl (C=O) groups is 1. The van der Waals surface area contributed by atoms with Crippen molar-refractivity contribution in [3.8, 4) is 0 Å². The summed E-state index contributed by atoms with van der Waals surface area (Å²) < 4.78 is 6.07. The van der Waals surface area contributed by atoms with Crippen LogP contribution in [-0.2, 0) is 16.1 Å². The molecule has 0 amide bonds. The molecule has 0 heterocycles. The minimum absolute atomic E-state index is 0.0605. The highest BCUT2D eigenvalue weighted by molar-refractivity contribution is 6.34. The molecule has 1 atom stereocenters. The molecular weight excluding hydrogens is 433 g/mol. The molecule has 0 spiro atoms. The smallest absolute Gasteiger partial charge is 0.317 e. The molecule has 0 unspecified atom stereocenters. The van der Waals surface area contributed by atoms with Gasteiger partial charge in [-0.25, -0.2) is 0 Å². The average Bonchev–Trinajstić information content (AvgIpc) is 2.73. The largest absolute Gasteiger partial charge is 0.480 e. The lowest BCUT2D eigenvalue weighted by Crippen LogP contribution is -2.43. The topological polar surface area (TPSA) is 49.8 Å². The molecule has 0 radical (unpaired) electrons. The number of aliphatic carboxylic acids is 1. The van der Waals surface area contributed by atoms with Gasteiger partial charge < -0.3 is 9.84 Å². The molecule has 3 aromatic rings. The number of benzene rings is 3. The van der Waals surface area contributed by atoms with Gasteiger partial charge in [0.25, 0.3) is 0 Å². The summed E-state index contributed by atoms with van der Waals surface area (Å²) in [5.74, 6) is -0.941. The van der Waals surface area contributed by atoms with Gasteiger partial charge in [-0.3, -0.25) is 9.69 Å². The van der Waals surface area contributed by atoms with Crippen LogP contribution >= 0.6 is 23.2 Å². The Morgan fingerprint density at radius 2 is 1.45 bits per heavy atom. The molecule has 0 aliphatic carbocycles. The van der Waals surface area contributed by atoms with Crippen molar-refractivity contribution in [2.75, 3.05) is 20.2 Å². The number of ether oxygens (including phenoxy) is 1. The third kappa shape index (κ3) is 6.81. The summed E-state index contributed by atoms with van der Waals surface area (Å²) >= 11 is 12.2. The van der Waals surface area contributed by atoms with Crippen LogP contribution in [0.4, 0.5) is 0 Å². The number of likely N-dealkylation sites (N-methyl/N-ethyl adjacent to an activating group) is 1.